The molecule has 6 nitrogen and oxygen atoms in total. The normalized spacial score (nSPS) is 12.4. The maximum absolute atomic E-state index is 11.3. The number of rotatable bonds is 3. The number of fused-ring (bicyclic) bond motifs is 1. The van der Waals surface area contributed by atoms with Crippen molar-refractivity contribution in [3.63, 3.8) is 0 Å². The second-order valence-corrected chi connectivity index (χ2v) is 4.41. The molecule has 18 heavy (non-hydrogen) atoms. The molecule has 0 aliphatic rings. The van der Waals surface area contributed by atoms with E-state index in [0.717, 1.165) is 11.3 Å². The Balaban J connectivity index is 2.59. The van der Waals surface area contributed by atoms with Gasteiger partial charge in [0.25, 0.3) is 0 Å². The molecule has 1 heterocycles. The standard InChI is InChI=1S/C11H10O6S/c1-15-6-3-5(8(12)10(13)16-2)4-7-9(6)17-11(14)18-7/h3-4,8,12H,1-2H3. The number of benzene rings is 1. The molecule has 2 rings (SSSR count). The van der Waals surface area contributed by atoms with Crippen LogP contribution in [0.5, 0.6) is 5.75 Å². The van der Waals surface area contributed by atoms with Crippen LogP contribution in [0.25, 0.3) is 10.3 Å². The van der Waals surface area contributed by atoms with Gasteiger partial charge in [-0.3, -0.25) is 0 Å². The minimum atomic E-state index is -1.43. The number of methoxy groups -OCH3 is 2. The van der Waals surface area contributed by atoms with Crippen LogP contribution in [-0.2, 0) is 9.53 Å². The largest absolute Gasteiger partial charge is 0.493 e. The zero-order valence-corrected chi connectivity index (χ0v) is 10.4. The fourth-order valence-electron chi connectivity index (χ4n) is 1.52. The third kappa shape index (κ3) is 2.09. The smallest absolute Gasteiger partial charge is 0.396 e. The number of aliphatic hydroxyl groups excluding tert-OH is 1. The van der Waals surface area contributed by atoms with Crippen molar-refractivity contribution in [1.29, 1.82) is 0 Å². The van der Waals surface area contributed by atoms with E-state index < -0.39 is 17.0 Å². The maximum Gasteiger partial charge on any atom is 0.396 e. The minimum Gasteiger partial charge on any atom is -0.493 e. The fraction of sp³-hybridized carbons (Fsp3) is 0.273. The van der Waals surface area contributed by atoms with E-state index >= 15 is 0 Å². The molecule has 96 valence electrons. The van der Waals surface area contributed by atoms with Gasteiger partial charge in [0.2, 0.25) is 0 Å². The van der Waals surface area contributed by atoms with Crippen LogP contribution in [-0.4, -0.2) is 25.3 Å². The Morgan fingerprint density at radius 3 is 2.78 bits per heavy atom. The molecule has 0 amide bonds. The summed E-state index contributed by atoms with van der Waals surface area (Å²) in [6.07, 6.45) is -1.43. The third-order valence-corrected chi connectivity index (χ3v) is 3.16. The molecule has 1 aromatic heterocycles. The van der Waals surface area contributed by atoms with E-state index in [0.29, 0.717) is 10.3 Å². The SMILES string of the molecule is COC(=O)C(O)c1cc(OC)c2oc(=O)sc2c1. The molecule has 0 spiro atoms. The highest BCUT2D eigenvalue weighted by Gasteiger charge is 2.21. The van der Waals surface area contributed by atoms with Crippen molar-refractivity contribution < 1.29 is 23.8 Å². The zero-order valence-electron chi connectivity index (χ0n) is 9.63. The number of aliphatic hydroxyl groups is 1. The first-order valence-electron chi connectivity index (χ1n) is 4.94. The Bertz CT molecular complexity index is 641. The Morgan fingerprint density at radius 1 is 1.44 bits per heavy atom. The van der Waals surface area contributed by atoms with Gasteiger partial charge in [0, 0.05) is 0 Å². The van der Waals surface area contributed by atoms with Gasteiger partial charge >= 0.3 is 10.9 Å². The second kappa shape index (κ2) is 4.79. The summed E-state index contributed by atoms with van der Waals surface area (Å²) in [6.45, 7) is 0. The highest BCUT2D eigenvalue weighted by Crippen LogP contribution is 2.31. The highest BCUT2D eigenvalue weighted by atomic mass is 32.1. The molecule has 1 unspecified atom stereocenters. The first-order chi connectivity index (χ1) is 8.56. The molecule has 1 atom stereocenters. The van der Waals surface area contributed by atoms with Crippen molar-refractivity contribution in [2.45, 2.75) is 6.10 Å². The second-order valence-electron chi connectivity index (χ2n) is 3.43. The average Bonchev–Trinajstić information content (AvgIpc) is 2.75. The van der Waals surface area contributed by atoms with Crippen molar-refractivity contribution in [3.05, 3.63) is 27.4 Å². The Morgan fingerprint density at radius 2 is 2.17 bits per heavy atom. The van der Waals surface area contributed by atoms with Crippen molar-refractivity contribution in [1.82, 2.24) is 0 Å². The van der Waals surface area contributed by atoms with Crippen molar-refractivity contribution in [2.75, 3.05) is 14.2 Å². The van der Waals surface area contributed by atoms with Gasteiger partial charge in [0.15, 0.2) is 17.4 Å². The van der Waals surface area contributed by atoms with Gasteiger partial charge < -0.3 is 19.0 Å². The molecule has 7 heteroatoms. The summed E-state index contributed by atoms with van der Waals surface area (Å²) < 4.78 is 15.0. The predicted molar refractivity (Wildman–Crippen MR) is 63.9 cm³/mol. The fourth-order valence-corrected chi connectivity index (χ4v) is 2.26. The van der Waals surface area contributed by atoms with E-state index in [-0.39, 0.29) is 11.3 Å². The van der Waals surface area contributed by atoms with Gasteiger partial charge in [-0.25, -0.2) is 9.59 Å². The molecule has 1 aromatic carbocycles. The first kappa shape index (κ1) is 12.6. The summed E-state index contributed by atoms with van der Waals surface area (Å²) in [7, 11) is 2.58. The highest BCUT2D eigenvalue weighted by molar-refractivity contribution is 7.16. The van der Waals surface area contributed by atoms with Crippen LogP contribution in [0.15, 0.2) is 21.3 Å². The van der Waals surface area contributed by atoms with Crippen LogP contribution in [0.1, 0.15) is 11.7 Å². The number of hydrogen-bond acceptors (Lipinski definition) is 7. The van der Waals surface area contributed by atoms with Crippen LogP contribution < -0.4 is 9.68 Å². The first-order valence-corrected chi connectivity index (χ1v) is 5.76. The van der Waals surface area contributed by atoms with Gasteiger partial charge in [0.05, 0.1) is 18.9 Å². The topological polar surface area (TPSA) is 86.0 Å². The Labute approximate surface area is 105 Å². The number of esters is 1. The Hall–Kier alpha value is -1.86. The van der Waals surface area contributed by atoms with Gasteiger partial charge in [-0.15, -0.1) is 0 Å². The number of hydrogen-bond donors (Lipinski definition) is 1. The molecule has 0 fully saturated rings. The molecule has 0 aliphatic carbocycles. The van der Waals surface area contributed by atoms with Crippen LogP contribution >= 0.6 is 11.3 Å². The Kier molecular flexibility index (Phi) is 3.35. The van der Waals surface area contributed by atoms with E-state index in [2.05, 4.69) is 4.74 Å². The quantitative estimate of drug-likeness (QED) is 0.839. The van der Waals surface area contributed by atoms with E-state index in [9.17, 15) is 14.7 Å². The van der Waals surface area contributed by atoms with Crippen molar-refractivity contribution in [2.24, 2.45) is 0 Å². The van der Waals surface area contributed by atoms with Crippen LogP contribution in [0.4, 0.5) is 0 Å². The lowest BCUT2D eigenvalue weighted by molar-refractivity contribution is -0.150. The van der Waals surface area contributed by atoms with E-state index in [1.165, 1.54) is 26.4 Å². The third-order valence-electron chi connectivity index (χ3n) is 2.38. The van der Waals surface area contributed by atoms with E-state index in [1.54, 1.807) is 0 Å². The number of ether oxygens (including phenoxy) is 2. The summed E-state index contributed by atoms with van der Waals surface area (Å²) in [5, 5.41) is 9.74. The van der Waals surface area contributed by atoms with Crippen molar-refractivity contribution in [3.8, 4) is 5.75 Å². The molecule has 0 saturated heterocycles. The van der Waals surface area contributed by atoms with Gasteiger partial charge in [-0.2, -0.15) is 0 Å². The van der Waals surface area contributed by atoms with Gasteiger partial charge in [-0.1, -0.05) is 11.3 Å². The summed E-state index contributed by atoms with van der Waals surface area (Å²) in [6, 6.07) is 2.93. The van der Waals surface area contributed by atoms with Crippen LogP contribution in [0, 0.1) is 0 Å². The molecule has 0 aliphatic heterocycles. The molecular formula is C11H10O6S. The molecule has 2 aromatic rings. The molecular weight excluding hydrogens is 260 g/mol. The van der Waals surface area contributed by atoms with Gasteiger partial charge in [0.1, 0.15) is 0 Å². The lowest BCUT2D eigenvalue weighted by Crippen LogP contribution is -2.13. The molecule has 0 bridgehead atoms. The van der Waals surface area contributed by atoms with Gasteiger partial charge in [-0.05, 0) is 17.7 Å². The van der Waals surface area contributed by atoms with Crippen molar-refractivity contribution >= 4 is 27.6 Å². The molecule has 1 N–H and O–H groups in total. The monoisotopic (exact) mass is 270 g/mol. The number of carbonyl (C=O) groups excluding carboxylic acids is 1. The van der Waals surface area contributed by atoms with E-state index in [1.807, 2.05) is 0 Å². The molecule has 0 saturated carbocycles. The maximum atomic E-state index is 11.3. The predicted octanol–water partition coefficient (Wildman–Crippen LogP) is 1.07. The lowest BCUT2D eigenvalue weighted by atomic mass is 10.1. The van der Waals surface area contributed by atoms with E-state index in [4.69, 9.17) is 9.15 Å². The summed E-state index contributed by atoms with van der Waals surface area (Å²) >= 11 is 0.867. The summed E-state index contributed by atoms with van der Waals surface area (Å²) in [5.74, 6) is -0.504. The number of carbonyl (C=O) groups is 1. The molecule has 0 radical (unpaired) electrons. The summed E-state index contributed by atoms with van der Waals surface area (Å²) in [4.78, 5) is 22.0. The average molecular weight is 270 g/mol. The minimum absolute atomic E-state index is 0.281. The lowest BCUT2D eigenvalue weighted by Gasteiger charge is -2.10. The summed E-state index contributed by atoms with van der Waals surface area (Å²) in [5.41, 5.74) is 0.580. The van der Waals surface area contributed by atoms with Crippen LogP contribution in [0.2, 0.25) is 0 Å². The van der Waals surface area contributed by atoms with Crippen LogP contribution in [0.3, 0.4) is 0 Å². The zero-order chi connectivity index (χ0) is 13.3.